The summed E-state index contributed by atoms with van der Waals surface area (Å²) in [4.78, 5) is 25.0. The van der Waals surface area contributed by atoms with Crippen LogP contribution in [0.15, 0.2) is 35.6 Å². The van der Waals surface area contributed by atoms with E-state index in [0.717, 1.165) is 56.4 Å². The van der Waals surface area contributed by atoms with Gasteiger partial charge in [0.2, 0.25) is 5.91 Å². The maximum absolute atomic E-state index is 11.5. The van der Waals surface area contributed by atoms with Gasteiger partial charge in [0.1, 0.15) is 12.2 Å². The molecule has 1 aromatic carbocycles. The minimum atomic E-state index is -0.186. The molecule has 0 aliphatic carbocycles. The zero-order valence-electron chi connectivity index (χ0n) is 19.2. The Balaban J connectivity index is 0.00000363. The summed E-state index contributed by atoms with van der Waals surface area (Å²) in [5.74, 6) is 1.49. The number of likely N-dealkylation sites (tertiary alicyclic amines) is 1. The third-order valence-corrected chi connectivity index (χ3v) is 5.60. The van der Waals surface area contributed by atoms with Crippen LogP contribution in [-0.4, -0.2) is 63.1 Å². The number of hydrogen-bond donors (Lipinski definition) is 2. The molecular weight excluding hydrogens is 519 g/mol. The van der Waals surface area contributed by atoms with Gasteiger partial charge in [-0.2, -0.15) is 5.10 Å². The molecule has 32 heavy (non-hydrogen) atoms. The first kappa shape index (κ1) is 26.0. The van der Waals surface area contributed by atoms with Crippen LogP contribution in [0, 0.1) is 5.92 Å². The average molecular weight is 554 g/mol. The van der Waals surface area contributed by atoms with E-state index in [9.17, 15) is 4.79 Å². The number of carbonyl (C=O) groups excluding carboxylic acids is 1. The summed E-state index contributed by atoms with van der Waals surface area (Å²) in [6.45, 7) is 6.63. The second-order valence-electron chi connectivity index (χ2n) is 8.12. The molecule has 3 N–H and O–H groups in total. The Morgan fingerprint density at radius 2 is 2.16 bits per heavy atom. The first-order chi connectivity index (χ1) is 15.0. The Labute approximate surface area is 207 Å². The van der Waals surface area contributed by atoms with Crippen molar-refractivity contribution >= 4 is 35.8 Å². The van der Waals surface area contributed by atoms with Crippen molar-refractivity contribution in [2.24, 2.45) is 23.7 Å². The highest BCUT2D eigenvalue weighted by atomic mass is 127. The lowest BCUT2D eigenvalue weighted by Gasteiger charge is -2.31. The van der Waals surface area contributed by atoms with Crippen LogP contribution < -0.4 is 11.1 Å². The Bertz CT molecular complexity index is 900. The number of primary amides is 1. The Morgan fingerprint density at radius 3 is 2.84 bits per heavy atom. The number of rotatable bonds is 8. The molecule has 1 aromatic heterocycles. The first-order valence-electron chi connectivity index (χ1n) is 10.9. The van der Waals surface area contributed by atoms with Crippen molar-refractivity contribution < 1.29 is 4.79 Å². The van der Waals surface area contributed by atoms with Gasteiger partial charge in [-0.15, -0.1) is 24.0 Å². The number of aromatic nitrogens is 3. The summed E-state index contributed by atoms with van der Waals surface area (Å²) in [5.41, 5.74) is 7.90. The number of benzene rings is 1. The predicted molar refractivity (Wildman–Crippen MR) is 136 cm³/mol. The van der Waals surface area contributed by atoms with Gasteiger partial charge >= 0.3 is 0 Å². The first-order valence-corrected chi connectivity index (χ1v) is 10.9. The van der Waals surface area contributed by atoms with E-state index in [0.29, 0.717) is 13.1 Å². The van der Waals surface area contributed by atoms with Gasteiger partial charge < -0.3 is 16.0 Å². The van der Waals surface area contributed by atoms with Crippen LogP contribution >= 0.6 is 24.0 Å². The van der Waals surface area contributed by atoms with Crippen molar-refractivity contribution in [3.8, 4) is 0 Å². The van der Waals surface area contributed by atoms with Crippen LogP contribution in [0.4, 0.5) is 0 Å². The number of piperidine rings is 1. The number of aliphatic imine (C=N–C) groups is 1. The molecule has 1 aliphatic heterocycles. The third-order valence-electron chi connectivity index (χ3n) is 5.60. The van der Waals surface area contributed by atoms with E-state index in [1.807, 2.05) is 14.1 Å². The second kappa shape index (κ2) is 12.7. The van der Waals surface area contributed by atoms with E-state index in [1.165, 1.54) is 5.56 Å². The van der Waals surface area contributed by atoms with Crippen LogP contribution in [0.3, 0.4) is 0 Å². The van der Waals surface area contributed by atoms with Gasteiger partial charge in [0.15, 0.2) is 5.96 Å². The predicted octanol–water partition coefficient (Wildman–Crippen LogP) is 1.73. The van der Waals surface area contributed by atoms with Gasteiger partial charge in [0.25, 0.3) is 0 Å². The van der Waals surface area contributed by atoms with Crippen molar-refractivity contribution in [1.82, 2.24) is 29.9 Å². The largest absolute Gasteiger partial charge is 0.369 e. The summed E-state index contributed by atoms with van der Waals surface area (Å²) < 4.78 is 1.77. The zero-order valence-corrected chi connectivity index (χ0v) is 21.5. The number of aryl methyl sites for hydroxylation is 1. The van der Waals surface area contributed by atoms with Gasteiger partial charge in [0, 0.05) is 33.7 Å². The molecule has 2 heterocycles. The van der Waals surface area contributed by atoms with Crippen molar-refractivity contribution in [2.45, 2.75) is 39.4 Å². The van der Waals surface area contributed by atoms with Crippen LogP contribution in [-0.2, 0) is 31.5 Å². The lowest BCUT2D eigenvalue weighted by atomic mass is 9.97. The summed E-state index contributed by atoms with van der Waals surface area (Å²) in [6.07, 6.45) is 3.48. The fraction of sp³-hybridized carbons (Fsp3) is 0.545. The highest BCUT2D eigenvalue weighted by Gasteiger charge is 2.23. The molecule has 2 aromatic rings. The number of nitrogens with zero attached hydrogens (tertiary/aromatic N) is 6. The molecule has 3 rings (SSSR count). The van der Waals surface area contributed by atoms with E-state index in [-0.39, 0.29) is 35.8 Å². The zero-order chi connectivity index (χ0) is 22.2. The van der Waals surface area contributed by atoms with E-state index in [2.05, 4.69) is 56.4 Å². The highest BCUT2D eigenvalue weighted by Crippen LogP contribution is 2.19. The van der Waals surface area contributed by atoms with Gasteiger partial charge in [-0.05, 0) is 37.4 Å². The smallest absolute Gasteiger partial charge is 0.221 e. The summed E-state index contributed by atoms with van der Waals surface area (Å²) >= 11 is 0. The number of carbonyl (C=O) groups is 1. The molecule has 10 heteroatoms. The lowest BCUT2D eigenvalue weighted by Crippen LogP contribution is -2.40. The van der Waals surface area contributed by atoms with E-state index >= 15 is 0 Å². The van der Waals surface area contributed by atoms with Gasteiger partial charge in [-0.25, -0.2) is 9.98 Å². The monoisotopic (exact) mass is 554 g/mol. The Hall–Kier alpha value is -2.21. The standard InChI is InChI=1S/C22H34N8O.HI/c1-4-24-22(28(2)15-20-26-16-27-29(20)3)25-12-17-7-5-8-18(11-17)13-30-10-6-9-19(14-30)21(23)31;/h5,7-8,11,16,19H,4,6,9-10,12-15H2,1-3H3,(H2,23,31)(H,24,25);1H. The summed E-state index contributed by atoms with van der Waals surface area (Å²) in [7, 11) is 3.89. The molecular formula is C22H35IN8O. The highest BCUT2D eigenvalue weighted by molar-refractivity contribution is 14.0. The van der Waals surface area contributed by atoms with Crippen LogP contribution in [0.2, 0.25) is 0 Å². The van der Waals surface area contributed by atoms with Crippen molar-refractivity contribution in [3.05, 3.63) is 47.5 Å². The van der Waals surface area contributed by atoms with Crippen molar-refractivity contribution in [1.29, 1.82) is 0 Å². The maximum Gasteiger partial charge on any atom is 0.221 e. The number of nitrogens with two attached hydrogens (primary N) is 1. The molecule has 1 unspecified atom stereocenters. The molecule has 0 spiro atoms. The van der Waals surface area contributed by atoms with Crippen molar-refractivity contribution in [3.63, 3.8) is 0 Å². The van der Waals surface area contributed by atoms with Crippen LogP contribution in [0.1, 0.15) is 36.7 Å². The number of amides is 1. The summed E-state index contributed by atoms with van der Waals surface area (Å²) in [6, 6.07) is 8.50. The number of guanidine groups is 1. The molecule has 0 saturated carbocycles. The number of halogens is 1. The molecule has 0 bridgehead atoms. The van der Waals surface area contributed by atoms with E-state index in [4.69, 9.17) is 10.7 Å². The Kier molecular flexibility index (Phi) is 10.4. The molecule has 9 nitrogen and oxygen atoms in total. The number of hydrogen-bond acceptors (Lipinski definition) is 5. The minimum Gasteiger partial charge on any atom is -0.369 e. The molecule has 1 aliphatic rings. The van der Waals surface area contributed by atoms with Crippen LogP contribution in [0.25, 0.3) is 0 Å². The maximum atomic E-state index is 11.5. The third kappa shape index (κ3) is 7.44. The Morgan fingerprint density at radius 1 is 1.38 bits per heavy atom. The lowest BCUT2D eigenvalue weighted by molar-refractivity contribution is -0.123. The molecule has 1 saturated heterocycles. The molecule has 1 fully saturated rings. The van der Waals surface area contributed by atoms with Crippen molar-refractivity contribution in [2.75, 3.05) is 26.7 Å². The van der Waals surface area contributed by atoms with Crippen LogP contribution in [0.5, 0.6) is 0 Å². The molecule has 176 valence electrons. The van der Waals surface area contributed by atoms with Gasteiger partial charge in [-0.3, -0.25) is 14.4 Å². The SMILES string of the molecule is CCNC(=NCc1cccc(CN2CCCC(C(N)=O)C2)c1)N(C)Cc1ncnn1C.I. The molecule has 1 atom stereocenters. The van der Waals surface area contributed by atoms with Gasteiger partial charge in [-0.1, -0.05) is 24.3 Å². The fourth-order valence-corrected chi connectivity index (χ4v) is 3.90. The number of nitrogens with one attached hydrogen (secondary N) is 1. The summed E-state index contributed by atoms with van der Waals surface area (Å²) in [5, 5.41) is 7.48. The molecule has 0 radical (unpaired) electrons. The normalized spacial score (nSPS) is 17.0. The fourth-order valence-electron chi connectivity index (χ4n) is 3.90. The molecule has 1 amide bonds. The quantitative estimate of drug-likeness (QED) is 0.293. The average Bonchev–Trinajstić information content (AvgIpc) is 3.15. The minimum absolute atomic E-state index is 0. The van der Waals surface area contributed by atoms with E-state index in [1.54, 1.807) is 11.0 Å². The van der Waals surface area contributed by atoms with E-state index < -0.39 is 0 Å². The second-order valence-corrected chi connectivity index (χ2v) is 8.12. The topological polar surface area (TPSA) is 105 Å². The van der Waals surface area contributed by atoms with Gasteiger partial charge in [0.05, 0.1) is 19.0 Å².